The van der Waals surface area contributed by atoms with E-state index in [0.29, 0.717) is 6.10 Å². The van der Waals surface area contributed by atoms with Crippen molar-refractivity contribution in [3.05, 3.63) is 18.0 Å². The second-order valence-electron chi connectivity index (χ2n) is 5.25. The molecule has 0 aliphatic carbocycles. The lowest BCUT2D eigenvalue weighted by molar-refractivity contribution is 0.00745. The monoisotopic (exact) mass is 266 g/mol. The van der Waals surface area contributed by atoms with Crippen LogP contribution in [0.1, 0.15) is 25.0 Å². The van der Waals surface area contributed by atoms with Gasteiger partial charge in [0.25, 0.3) is 0 Å². The minimum absolute atomic E-state index is 0.444. The lowest BCUT2D eigenvalue weighted by atomic mass is 10.1. The first-order chi connectivity index (χ1) is 9.29. The van der Waals surface area contributed by atoms with Crippen LogP contribution in [0, 0.1) is 0 Å². The van der Waals surface area contributed by atoms with E-state index in [1.54, 1.807) is 0 Å². The Morgan fingerprint density at radius 3 is 2.84 bits per heavy atom. The maximum absolute atomic E-state index is 5.82. The van der Waals surface area contributed by atoms with Gasteiger partial charge in [-0.3, -0.25) is 4.68 Å². The third kappa shape index (κ3) is 4.60. The van der Waals surface area contributed by atoms with E-state index in [1.807, 2.05) is 17.9 Å². The van der Waals surface area contributed by atoms with E-state index in [0.717, 1.165) is 58.5 Å². The van der Waals surface area contributed by atoms with Gasteiger partial charge < -0.3 is 15.4 Å². The fourth-order valence-corrected chi connectivity index (χ4v) is 2.55. The van der Waals surface area contributed by atoms with Gasteiger partial charge in [0.15, 0.2) is 0 Å². The van der Waals surface area contributed by atoms with Crippen LogP contribution >= 0.6 is 0 Å². The molecule has 1 aromatic heterocycles. The molecule has 0 aromatic carbocycles. The normalized spacial score (nSPS) is 18.0. The molecule has 2 N–H and O–H groups in total. The quantitative estimate of drug-likeness (QED) is 0.742. The first-order valence-electron chi connectivity index (χ1n) is 7.30. The molecule has 0 radical (unpaired) electrons. The van der Waals surface area contributed by atoms with Gasteiger partial charge in [-0.2, -0.15) is 5.10 Å². The summed E-state index contributed by atoms with van der Waals surface area (Å²) in [5, 5.41) is 4.20. The van der Waals surface area contributed by atoms with Crippen molar-refractivity contribution in [2.75, 3.05) is 32.8 Å². The average molecular weight is 266 g/mol. The van der Waals surface area contributed by atoms with Crippen LogP contribution in [0.2, 0.25) is 0 Å². The van der Waals surface area contributed by atoms with Crippen molar-refractivity contribution < 1.29 is 4.74 Å². The molecule has 0 bridgehead atoms. The minimum atomic E-state index is 0.444. The highest BCUT2D eigenvalue weighted by atomic mass is 16.5. The van der Waals surface area contributed by atoms with Gasteiger partial charge in [0, 0.05) is 51.6 Å². The van der Waals surface area contributed by atoms with Crippen molar-refractivity contribution in [1.29, 1.82) is 0 Å². The summed E-state index contributed by atoms with van der Waals surface area (Å²) < 4.78 is 7.78. The molecule has 0 spiro atoms. The first-order valence-corrected chi connectivity index (χ1v) is 7.30. The number of likely N-dealkylation sites (tertiary alicyclic amines) is 1. The van der Waals surface area contributed by atoms with Crippen molar-refractivity contribution in [3.8, 4) is 0 Å². The summed E-state index contributed by atoms with van der Waals surface area (Å²) >= 11 is 0. The molecule has 1 saturated heterocycles. The number of aryl methyl sites for hydroxylation is 1. The molecule has 5 heteroatoms. The summed E-state index contributed by atoms with van der Waals surface area (Å²) in [5.41, 5.74) is 6.78. The van der Waals surface area contributed by atoms with Gasteiger partial charge in [0.05, 0.1) is 6.10 Å². The highest BCUT2D eigenvalue weighted by Crippen LogP contribution is 2.14. The van der Waals surface area contributed by atoms with Gasteiger partial charge in [0.1, 0.15) is 0 Å². The molecule has 0 atom stereocenters. The van der Waals surface area contributed by atoms with E-state index in [-0.39, 0.29) is 0 Å². The molecular formula is C14H26N4O. The van der Waals surface area contributed by atoms with Crippen LogP contribution in [0.25, 0.3) is 0 Å². The molecule has 0 unspecified atom stereocenters. The zero-order chi connectivity index (χ0) is 13.5. The summed E-state index contributed by atoms with van der Waals surface area (Å²) in [6.07, 6.45) is 6.66. The number of rotatable bonds is 7. The fraction of sp³-hybridized carbons (Fsp3) is 0.786. The molecule has 2 heterocycles. The highest BCUT2D eigenvalue weighted by Gasteiger charge is 2.19. The van der Waals surface area contributed by atoms with Gasteiger partial charge in [-0.05, 0) is 31.9 Å². The van der Waals surface area contributed by atoms with Crippen molar-refractivity contribution in [3.63, 3.8) is 0 Å². The number of hydrogen-bond donors (Lipinski definition) is 1. The molecule has 0 saturated carbocycles. The number of hydrogen-bond acceptors (Lipinski definition) is 4. The van der Waals surface area contributed by atoms with Gasteiger partial charge >= 0.3 is 0 Å². The van der Waals surface area contributed by atoms with Crippen molar-refractivity contribution >= 4 is 0 Å². The summed E-state index contributed by atoms with van der Waals surface area (Å²) in [6, 6.07) is 2.10. The molecule has 2 rings (SSSR count). The molecule has 108 valence electrons. The number of aromatic nitrogens is 2. The molecule has 1 aliphatic heterocycles. The predicted octanol–water partition coefficient (Wildman–Crippen LogP) is 0.792. The SMILES string of the molecule is Cn1nccc1CCN1CCC(OCCCN)CC1. The van der Waals surface area contributed by atoms with Crippen LogP contribution in [0.3, 0.4) is 0 Å². The lowest BCUT2D eigenvalue weighted by Gasteiger charge is -2.31. The first kappa shape index (κ1) is 14.5. The van der Waals surface area contributed by atoms with Gasteiger partial charge in [-0.1, -0.05) is 0 Å². The average Bonchev–Trinajstić information content (AvgIpc) is 2.84. The van der Waals surface area contributed by atoms with Crippen LogP contribution in [0.5, 0.6) is 0 Å². The number of nitrogens with zero attached hydrogens (tertiary/aromatic N) is 3. The number of nitrogens with two attached hydrogens (primary N) is 1. The molecule has 1 fully saturated rings. The Morgan fingerprint density at radius 1 is 1.42 bits per heavy atom. The zero-order valence-electron chi connectivity index (χ0n) is 11.9. The number of ether oxygens (including phenoxy) is 1. The fourth-order valence-electron chi connectivity index (χ4n) is 2.55. The smallest absolute Gasteiger partial charge is 0.0599 e. The van der Waals surface area contributed by atoms with Gasteiger partial charge in [-0.15, -0.1) is 0 Å². The molecule has 5 nitrogen and oxygen atoms in total. The van der Waals surface area contributed by atoms with Crippen molar-refractivity contribution in [1.82, 2.24) is 14.7 Å². The van der Waals surface area contributed by atoms with E-state index >= 15 is 0 Å². The van der Waals surface area contributed by atoms with Crippen LogP contribution in [0.15, 0.2) is 12.3 Å². The summed E-state index contributed by atoms with van der Waals surface area (Å²) in [6.45, 7) is 4.95. The zero-order valence-corrected chi connectivity index (χ0v) is 11.9. The second-order valence-corrected chi connectivity index (χ2v) is 5.25. The lowest BCUT2D eigenvalue weighted by Crippen LogP contribution is -2.38. The topological polar surface area (TPSA) is 56.3 Å². The predicted molar refractivity (Wildman–Crippen MR) is 76.0 cm³/mol. The summed E-state index contributed by atoms with van der Waals surface area (Å²) in [7, 11) is 2.01. The highest BCUT2D eigenvalue weighted by molar-refractivity contribution is 5.00. The Kier molecular flexibility index (Phi) is 5.82. The second kappa shape index (κ2) is 7.62. The molecule has 19 heavy (non-hydrogen) atoms. The van der Waals surface area contributed by atoms with Crippen LogP contribution in [-0.4, -0.2) is 53.6 Å². The van der Waals surface area contributed by atoms with Gasteiger partial charge in [0.2, 0.25) is 0 Å². The summed E-state index contributed by atoms with van der Waals surface area (Å²) in [4.78, 5) is 2.52. The molecular weight excluding hydrogens is 240 g/mol. The molecule has 1 aliphatic rings. The molecule has 0 amide bonds. The summed E-state index contributed by atoms with van der Waals surface area (Å²) in [5.74, 6) is 0. The Hall–Kier alpha value is -0.910. The van der Waals surface area contributed by atoms with Crippen molar-refractivity contribution in [2.24, 2.45) is 12.8 Å². The largest absolute Gasteiger partial charge is 0.378 e. The van der Waals surface area contributed by atoms with Crippen LogP contribution < -0.4 is 5.73 Å². The minimum Gasteiger partial charge on any atom is -0.378 e. The van der Waals surface area contributed by atoms with Crippen LogP contribution in [-0.2, 0) is 18.2 Å². The maximum Gasteiger partial charge on any atom is 0.0599 e. The van der Waals surface area contributed by atoms with Crippen LogP contribution in [0.4, 0.5) is 0 Å². The number of piperidine rings is 1. The van der Waals surface area contributed by atoms with Crippen molar-refractivity contribution in [2.45, 2.75) is 31.8 Å². The van der Waals surface area contributed by atoms with E-state index in [2.05, 4.69) is 16.1 Å². The van der Waals surface area contributed by atoms with Gasteiger partial charge in [-0.25, -0.2) is 0 Å². The third-order valence-corrected chi connectivity index (χ3v) is 3.84. The standard InChI is InChI=1S/C14H26N4O/c1-17-13(3-8-16-17)4-9-18-10-5-14(6-11-18)19-12-2-7-15/h3,8,14H,2,4-7,9-12,15H2,1H3. The Morgan fingerprint density at radius 2 is 2.21 bits per heavy atom. The van der Waals surface area contributed by atoms with E-state index in [9.17, 15) is 0 Å². The molecule has 1 aromatic rings. The third-order valence-electron chi connectivity index (χ3n) is 3.84. The van der Waals surface area contributed by atoms with E-state index in [1.165, 1.54) is 5.69 Å². The maximum atomic E-state index is 5.82. The Bertz CT molecular complexity index is 358. The Labute approximate surface area is 115 Å². The van der Waals surface area contributed by atoms with E-state index in [4.69, 9.17) is 10.5 Å². The van der Waals surface area contributed by atoms with E-state index < -0.39 is 0 Å². The Balaban J connectivity index is 1.62.